The summed E-state index contributed by atoms with van der Waals surface area (Å²) in [5.41, 5.74) is 1.86. The van der Waals surface area contributed by atoms with Crippen LogP contribution in [0, 0.1) is 0 Å². The fraction of sp³-hybridized carbons (Fsp3) is 0.286. The first-order chi connectivity index (χ1) is 13.4. The predicted molar refractivity (Wildman–Crippen MR) is 111 cm³/mol. The van der Waals surface area contributed by atoms with Gasteiger partial charge in [0.25, 0.3) is 0 Å². The summed E-state index contributed by atoms with van der Waals surface area (Å²) in [7, 11) is 0. The second-order valence-corrected chi connectivity index (χ2v) is 8.23. The van der Waals surface area contributed by atoms with Gasteiger partial charge in [-0.2, -0.15) is 0 Å². The minimum Gasteiger partial charge on any atom is -0.481 e. The summed E-state index contributed by atoms with van der Waals surface area (Å²) in [5, 5.41) is 10.8. The summed E-state index contributed by atoms with van der Waals surface area (Å²) in [6.45, 7) is 4.73. The summed E-state index contributed by atoms with van der Waals surface area (Å²) in [6.07, 6.45) is 2.17. The number of nitrogens with zero attached hydrogens (tertiary/aromatic N) is 3. The summed E-state index contributed by atoms with van der Waals surface area (Å²) in [4.78, 5) is 21.4. The Hall–Kier alpha value is -2.31. The zero-order chi connectivity index (χ0) is 20.1. The van der Waals surface area contributed by atoms with Gasteiger partial charge in [0.2, 0.25) is 0 Å². The van der Waals surface area contributed by atoms with Gasteiger partial charge in [0.15, 0.2) is 0 Å². The van der Waals surface area contributed by atoms with E-state index in [1.807, 2.05) is 42.5 Å². The molecule has 0 spiro atoms. The molecule has 0 amide bonds. The second kappa shape index (κ2) is 9.26. The van der Waals surface area contributed by atoms with Crippen molar-refractivity contribution in [2.75, 3.05) is 0 Å². The zero-order valence-electron chi connectivity index (χ0n) is 15.8. The van der Waals surface area contributed by atoms with E-state index in [1.54, 1.807) is 18.0 Å². The summed E-state index contributed by atoms with van der Waals surface area (Å²) < 4.78 is 2.09. The van der Waals surface area contributed by atoms with Gasteiger partial charge in [-0.3, -0.25) is 9.78 Å². The topological polar surface area (TPSA) is 68.0 Å². The normalized spacial score (nSPS) is 11.1. The number of imidazole rings is 1. The molecule has 0 unspecified atom stereocenters. The van der Waals surface area contributed by atoms with Crippen molar-refractivity contribution in [3.05, 3.63) is 70.9 Å². The van der Waals surface area contributed by atoms with Gasteiger partial charge in [-0.25, -0.2) is 4.98 Å². The van der Waals surface area contributed by atoms with Crippen LogP contribution >= 0.6 is 23.4 Å². The molecule has 3 rings (SSSR count). The average molecular weight is 416 g/mol. The number of aryl methyl sites for hydroxylation is 1. The van der Waals surface area contributed by atoms with Crippen LogP contribution in [0.3, 0.4) is 0 Å². The summed E-state index contributed by atoms with van der Waals surface area (Å²) >= 11 is 7.76. The lowest BCUT2D eigenvalue weighted by Gasteiger charge is -2.13. The van der Waals surface area contributed by atoms with Gasteiger partial charge in [-0.1, -0.05) is 49.3 Å². The van der Waals surface area contributed by atoms with Crippen LogP contribution < -0.4 is 0 Å². The Morgan fingerprint density at radius 2 is 2.07 bits per heavy atom. The van der Waals surface area contributed by atoms with E-state index < -0.39 is 5.97 Å². The highest BCUT2D eigenvalue weighted by Crippen LogP contribution is 2.36. The van der Waals surface area contributed by atoms with Crippen LogP contribution in [0.15, 0.2) is 58.6 Å². The quantitative estimate of drug-likeness (QED) is 0.542. The predicted octanol–water partition coefficient (Wildman–Crippen LogP) is 5.27. The SMILES string of the molecule is CC(C)c1nc(CCC(=O)O)n(Cc2ccccn2)c1Sc1cccc(Cl)c1. The third-order valence-electron chi connectivity index (χ3n) is 4.19. The third-order valence-corrected chi connectivity index (χ3v) is 5.54. The van der Waals surface area contributed by atoms with Crippen LogP contribution in [0.4, 0.5) is 0 Å². The number of benzene rings is 1. The molecule has 0 radical (unpaired) electrons. The molecule has 2 heterocycles. The number of hydrogen-bond acceptors (Lipinski definition) is 4. The Morgan fingerprint density at radius 1 is 1.25 bits per heavy atom. The van der Waals surface area contributed by atoms with Crippen LogP contribution in [-0.4, -0.2) is 25.6 Å². The molecule has 0 atom stereocenters. The van der Waals surface area contributed by atoms with Crippen LogP contribution in [0.5, 0.6) is 0 Å². The number of aliphatic carboxylic acids is 1. The smallest absolute Gasteiger partial charge is 0.303 e. The number of carboxylic acids is 1. The molecule has 146 valence electrons. The average Bonchev–Trinajstić information content (AvgIpc) is 2.98. The number of pyridine rings is 1. The molecule has 0 aliphatic heterocycles. The molecule has 5 nitrogen and oxygen atoms in total. The molecule has 0 saturated carbocycles. The highest BCUT2D eigenvalue weighted by atomic mass is 35.5. The molecule has 2 aromatic heterocycles. The zero-order valence-corrected chi connectivity index (χ0v) is 17.4. The highest BCUT2D eigenvalue weighted by molar-refractivity contribution is 7.99. The van der Waals surface area contributed by atoms with E-state index in [9.17, 15) is 4.79 Å². The summed E-state index contributed by atoms with van der Waals surface area (Å²) in [6, 6.07) is 13.5. The van der Waals surface area contributed by atoms with Crippen molar-refractivity contribution >= 4 is 29.3 Å². The Labute approximate surface area is 173 Å². The lowest BCUT2D eigenvalue weighted by molar-refractivity contribution is -0.137. The van der Waals surface area contributed by atoms with Crippen molar-refractivity contribution < 1.29 is 9.90 Å². The van der Waals surface area contributed by atoms with E-state index in [0.29, 0.717) is 18.0 Å². The van der Waals surface area contributed by atoms with E-state index in [-0.39, 0.29) is 12.3 Å². The van der Waals surface area contributed by atoms with Crippen molar-refractivity contribution in [1.29, 1.82) is 0 Å². The van der Waals surface area contributed by atoms with Crippen molar-refractivity contribution in [1.82, 2.24) is 14.5 Å². The van der Waals surface area contributed by atoms with Gasteiger partial charge in [0.05, 0.1) is 24.4 Å². The number of carboxylic acid groups (broad SMARTS) is 1. The molecule has 1 N–H and O–H groups in total. The second-order valence-electron chi connectivity index (χ2n) is 6.73. The van der Waals surface area contributed by atoms with Crippen LogP contribution in [0.25, 0.3) is 0 Å². The van der Waals surface area contributed by atoms with E-state index in [2.05, 4.69) is 23.4 Å². The Bertz CT molecular complexity index is 958. The van der Waals surface area contributed by atoms with Crippen LogP contribution in [-0.2, 0) is 17.8 Å². The lowest BCUT2D eigenvalue weighted by Crippen LogP contribution is -2.09. The fourth-order valence-corrected chi connectivity index (χ4v) is 4.33. The number of rotatable bonds is 8. The first-order valence-electron chi connectivity index (χ1n) is 9.08. The standard InChI is InChI=1S/C21H22ClN3O2S/c1-14(2)20-21(28-17-8-5-6-15(22)12-17)25(13-16-7-3-4-11-23-16)18(24-20)9-10-19(26)27/h3-8,11-12,14H,9-10,13H2,1-2H3,(H,26,27). The molecule has 0 fully saturated rings. The summed E-state index contributed by atoms with van der Waals surface area (Å²) in [5.74, 6) is 0.138. The fourth-order valence-electron chi connectivity index (χ4n) is 2.85. The maximum absolute atomic E-state index is 11.1. The van der Waals surface area contributed by atoms with Crippen molar-refractivity contribution in [2.45, 2.75) is 49.1 Å². The van der Waals surface area contributed by atoms with E-state index in [0.717, 1.165) is 27.1 Å². The molecule has 0 aliphatic carbocycles. The van der Waals surface area contributed by atoms with Crippen molar-refractivity contribution in [3.8, 4) is 0 Å². The maximum Gasteiger partial charge on any atom is 0.303 e. The van der Waals surface area contributed by atoms with Crippen molar-refractivity contribution in [2.24, 2.45) is 0 Å². The molecule has 28 heavy (non-hydrogen) atoms. The molecular weight excluding hydrogens is 394 g/mol. The molecule has 1 aromatic carbocycles. The van der Waals surface area contributed by atoms with E-state index >= 15 is 0 Å². The lowest BCUT2D eigenvalue weighted by atomic mass is 10.1. The van der Waals surface area contributed by atoms with Crippen LogP contribution in [0.2, 0.25) is 5.02 Å². The Kier molecular flexibility index (Phi) is 6.75. The monoisotopic (exact) mass is 415 g/mol. The van der Waals surface area contributed by atoms with Gasteiger partial charge in [0, 0.05) is 22.5 Å². The Morgan fingerprint density at radius 3 is 2.71 bits per heavy atom. The molecule has 3 aromatic rings. The number of carbonyl (C=O) groups is 1. The molecular formula is C21H22ClN3O2S. The van der Waals surface area contributed by atoms with Gasteiger partial charge in [0.1, 0.15) is 10.9 Å². The first kappa shape index (κ1) is 20.4. The molecule has 7 heteroatoms. The number of hydrogen-bond donors (Lipinski definition) is 1. The van der Waals surface area contributed by atoms with Gasteiger partial charge >= 0.3 is 5.97 Å². The third kappa shape index (κ3) is 5.14. The largest absolute Gasteiger partial charge is 0.481 e. The molecule has 0 saturated heterocycles. The Balaban J connectivity index is 2.06. The maximum atomic E-state index is 11.1. The van der Waals surface area contributed by atoms with Crippen LogP contribution in [0.1, 0.15) is 43.4 Å². The minimum absolute atomic E-state index is 0.0397. The molecule has 0 bridgehead atoms. The van der Waals surface area contributed by atoms with Gasteiger partial charge in [-0.15, -0.1) is 0 Å². The van der Waals surface area contributed by atoms with E-state index in [4.69, 9.17) is 21.7 Å². The highest BCUT2D eigenvalue weighted by Gasteiger charge is 2.21. The number of halogens is 1. The van der Waals surface area contributed by atoms with Crippen molar-refractivity contribution in [3.63, 3.8) is 0 Å². The van der Waals surface area contributed by atoms with Gasteiger partial charge in [-0.05, 0) is 36.2 Å². The minimum atomic E-state index is -0.831. The van der Waals surface area contributed by atoms with E-state index in [1.165, 1.54) is 0 Å². The van der Waals surface area contributed by atoms with Gasteiger partial charge < -0.3 is 9.67 Å². The first-order valence-corrected chi connectivity index (χ1v) is 10.3. The number of aromatic nitrogens is 3. The molecule has 0 aliphatic rings.